The van der Waals surface area contributed by atoms with Gasteiger partial charge < -0.3 is 19.0 Å². The van der Waals surface area contributed by atoms with Crippen LogP contribution < -0.4 is 9.47 Å². The minimum absolute atomic E-state index is 0.0511. The molecule has 39 heavy (non-hydrogen) atoms. The molecule has 1 atom stereocenters. The number of benzene rings is 3. The van der Waals surface area contributed by atoms with E-state index in [0.717, 1.165) is 0 Å². The number of nitrogens with zero attached hydrogens (tertiary/aromatic N) is 2. The lowest BCUT2D eigenvalue weighted by Gasteiger charge is -2.24. The van der Waals surface area contributed by atoms with Gasteiger partial charge in [0.2, 0.25) is 5.76 Å². The molecule has 11 heteroatoms. The summed E-state index contributed by atoms with van der Waals surface area (Å²) in [4.78, 5) is 24.8. The minimum Gasteiger partial charge on any atom is -0.492 e. The Kier molecular flexibility index (Phi) is 7.58. The predicted molar refractivity (Wildman–Crippen MR) is 144 cm³/mol. The quantitative estimate of drug-likeness (QED) is 0.256. The number of aromatic carboxylic acids is 1. The summed E-state index contributed by atoms with van der Waals surface area (Å²) in [7, 11) is 1.47. The van der Waals surface area contributed by atoms with E-state index in [1.165, 1.54) is 48.1 Å². The molecule has 3 aromatic carbocycles. The number of rotatable bonds is 8. The van der Waals surface area contributed by atoms with Crippen LogP contribution in [0.1, 0.15) is 43.2 Å². The number of thioether (sulfide) groups is 1. The van der Waals surface area contributed by atoms with Gasteiger partial charge in [-0.2, -0.15) is 5.10 Å². The Morgan fingerprint density at radius 3 is 2.54 bits per heavy atom. The summed E-state index contributed by atoms with van der Waals surface area (Å²) < 4.78 is 30.5. The molecule has 5 rings (SSSR count). The molecule has 0 radical (unpaired) electrons. The van der Waals surface area contributed by atoms with Crippen molar-refractivity contribution in [2.45, 2.75) is 12.0 Å². The number of para-hydroxylation sites is 1. The lowest BCUT2D eigenvalue weighted by Crippen LogP contribution is -2.26. The van der Waals surface area contributed by atoms with Crippen molar-refractivity contribution in [3.05, 3.63) is 118 Å². The second kappa shape index (κ2) is 11.2. The molecule has 1 unspecified atom stereocenters. The molecule has 198 valence electrons. The normalized spacial score (nSPS) is 14.7. The largest absolute Gasteiger partial charge is 0.492 e. The fourth-order valence-electron chi connectivity index (χ4n) is 3.93. The molecule has 0 spiro atoms. The van der Waals surface area contributed by atoms with E-state index in [2.05, 4.69) is 5.10 Å². The third kappa shape index (κ3) is 5.47. The van der Waals surface area contributed by atoms with E-state index in [9.17, 15) is 14.0 Å². The van der Waals surface area contributed by atoms with Gasteiger partial charge in [0, 0.05) is 11.1 Å². The number of amides is 1. The van der Waals surface area contributed by atoms with Gasteiger partial charge in [-0.1, -0.05) is 47.6 Å². The molecule has 2 heterocycles. The summed E-state index contributed by atoms with van der Waals surface area (Å²) in [6.45, 7) is -0.0511. The maximum atomic E-state index is 13.7. The van der Waals surface area contributed by atoms with Crippen molar-refractivity contribution in [1.29, 1.82) is 0 Å². The van der Waals surface area contributed by atoms with Crippen LogP contribution >= 0.6 is 23.4 Å². The summed E-state index contributed by atoms with van der Waals surface area (Å²) >= 11 is 7.62. The average molecular weight is 567 g/mol. The highest BCUT2D eigenvalue weighted by atomic mass is 35.5. The fourth-order valence-corrected chi connectivity index (χ4v) is 5.32. The first kappa shape index (κ1) is 26.3. The second-order valence-electron chi connectivity index (χ2n) is 8.25. The number of hydrogen-bond donors (Lipinski definition) is 1. The van der Waals surface area contributed by atoms with Crippen LogP contribution in [0.2, 0.25) is 5.02 Å². The summed E-state index contributed by atoms with van der Waals surface area (Å²) in [5.41, 5.74) is 1.50. The summed E-state index contributed by atoms with van der Waals surface area (Å²) in [5, 5.41) is 15.1. The van der Waals surface area contributed by atoms with E-state index < -0.39 is 17.3 Å². The van der Waals surface area contributed by atoms with Gasteiger partial charge >= 0.3 is 5.97 Å². The monoisotopic (exact) mass is 566 g/mol. The third-order valence-corrected chi connectivity index (χ3v) is 7.32. The van der Waals surface area contributed by atoms with Crippen LogP contribution in [-0.4, -0.2) is 34.1 Å². The van der Waals surface area contributed by atoms with Gasteiger partial charge in [0.05, 0.1) is 17.7 Å². The maximum Gasteiger partial charge on any atom is 0.371 e. The fraction of sp³-hybridized carbons (Fsp3) is 0.107. The van der Waals surface area contributed by atoms with Crippen molar-refractivity contribution in [3.8, 4) is 11.5 Å². The first-order valence-corrected chi connectivity index (χ1v) is 12.8. The predicted octanol–water partition coefficient (Wildman–Crippen LogP) is 6.61. The van der Waals surface area contributed by atoms with Crippen LogP contribution in [0.4, 0.5) is 4.39 Å². The molecule has 0 fully saturated rings. The number of hydrogen-bond acceptors (Lipinski definition) is 7. The highest BCUT2D eigenvalue weighted by Crippen LogP contribution is 2.48. The van der Waals surface area contributed by atoms with E-state index in [1.54, 1.807) is 54.6 Å². The van der Waals surface area contributed by atoms with Crippen molar-refractivity contribution < 1.29 is 33.0 Å². The molecule has 0 saturated heterocycles. The molecule has 1 N–H and O–H groups in total. The van der Waals surface area contributed by atoms with Crippen LogP contribution in [0.15, 0.2) is 88.4 Å². The molecular formula is C28H20ClFN2O6S. The van der Waals surface area contributed by atoms with Crippen LogP contribution in [0.3, 0.4) is 0 Å². The van der Waals surface area contributed by atoms with Gasteiger partial charge in [-0.15, -0.1) is 0 Å². The average Bonchev–Trinajstić information content (AvgIpc) is 3.60. The molecule has 1 aliphatic heterocycles. The number of carbonyl (C=O) groups is 2. The standard InChI is InChI=1S/C28H20ClFN2O6S/c1-36-24-20(6-4-8-22(24)37-15-18-13-14-23(38-18)28(34)35)27-32(26(33)19-5-2-3-7-21(19)29)31-25(39-27)16-9-11-17(30)12-10-16/h2-14,27H,15H2,1H3,(H,34,35). The number of hydrazone groups is 1. The van der Waals surface area contributed by atoms with Crippen LogP contribution in [-0.2, 0) is 6.61 Å². The topological polar surface area (TPSA) is 102 Å². The highest BCUT2D eigenvalue weighted by molar-refractivity contribution is 8.14. The number of methoxy groups -OCH3 is 1. The number of carbonyl (C=O) groups excluding carboxylic acids is 1. The first-order chi connectivity index (χ1) is 18.9. The van der Waals surface area contributed by atoms with Crippen LogP contribution in [0, 0.1) is 5.82 Å². The number of furan rings is 1. The molecule has 8 nitrogen and oxygen atoms in total. The summed E-state index contributed by atoms with van der Waals surface area (Å²) in [6, 6.07) is 20.6. The van der Waals surface area contributed by atoms with Gasteiger partial charge in [0.1, 0.15) is 28.6 Å². The Labute approximate surface area is 231 Å². The van der Waals surface area contributed by atoms with E-state index >= 15 is 0 Å². The molecule has 4 aromatic rings. The molecule has 0 bridgehead atoms. The van der Waals surface area contributed by atoms with Crippen LogP contribution in [0.5, 0.6) is 11.5 Å². The second-order valence-corrected chi connectivity index (χ2v) is 9.73. The maximum absolute atomic E-state index is 13.7. The molecule has 0 saturated carbocycles. The van der Waals surface area contributed by atoms with Gasteiger partial charge in [-0.25, -0.2) is 14.2 Å². The molecule has 1 aliphatic rings. The zero-order valence-electron chi connectivity index (χ0n) is 20.3. The first-order valence-electron chi connectivity index (χ1n) is 11.6. The van der Waals surface area contributed by atoms with Gasteiger partial charge in [-0.05, 0) is 54.6 Å². The van der Waals surface area contributed by atoms with Crippen molar-refractivity contribution in [1.82, 2.24) is 5.01 Å². The zero-order chi connectivity index (χ0) is 27.5. The van der Waals surface area contributed by atoms with Crippen molar-refractivity contribution in [2.24, 2.45) is 5.10 Å². The lowest BCUT2D eigenvalue weighted by molar-refractivity contribution is 0.0657. The van der Waals surface area contributed by atoms with Gasteiger partial charge in [-0.3, -0.25) is 4.79 Å². The van der Waals surface area contributed by atoms with Gasteiger partial charge in [0.15, 0.2) is 11.5 Å². The number of carboxylic acids is 1. The minimum atomic E-state index is -1.18. The van der Waals surface area contributed by atoms with Gasteiger partial charge in [0.25, 0.3) is 5.91 Å². The number of halogens is 2. The Morgan fingerprint density at radius 2 is 1.85 bits per heavy atom. The molecule has 1 aromatic heterocycles. The highest BCUT2D eigenvalue weighted by Gasteiger charge is 2.37. The van der Waals surface area contributed by atoms with E-state index in [4.69, 9.17) is 30.6 Å². The Balaban J connectivity index is 1.50. The lowest BCUT2D eigenvalue weighted by atomic mass is 10.1. The Hall–Kier alpha value is -4.28. The summed E-state index contributed by atoms with van der Waals surface area (Å²) in [5.74, 6) is -1.18. The van der Waals surface area contributed by atoms with Crippen molar-refractivity contribution in [2.75, 3.05) is 7.11 Å². The zero-order valence-corrected chi connectivity index (χ0v) is 21.9. The van der Waals surface area contributed by atoms with Crippen LogP contribution in [0.25, 0.3) is 0 Å². The van der Waals surface area contributed by atoms with Crippen molar-refractivity contribution in [3.63, 3.8) is 0 Å². The Morgan fingerprint density at radius 1 is 1.08 bits per heavy atom. The summed E-state index contributed by atoms with van der Waals surface area (Å²) in [6.07, 6.45) is 0. The third-order valence-electron chi connectivity index (χ3n) is 5.77. The molecule has 0 aliphatic carbocycles. The number of carboxylic acid groups (broad SMARTS) is 1. The SMILES string of the molecule is COc1c(OCc2ccc(C(=O)O)o2)cccc1C1SC(c2ccc(F)cc2)=NN1C(=O)c1ccccc1Cl. The number of ether oxygens (including phenoxy) is 2. The van der Waals surface area contributed by atoms with E-state index in [1.807, 2.05) is 0 Å². The van der Waals surface area contributed by atoms with E-state index in [-0.39, 0.29) is 28.8 Å². The Bertz CT molecular complexity index is 1570. The molecule has 1 amide bonds. The molecular weight excluding hydrogens is 547 g/mol. The van der Waals surface area contributed by atoms with E-state index in [0.29, 0.717) is 33.4 Å². The smallest absolute Gasteiger partial charge is 0.371 e. The van der Waals surface area contributed by atoms with Crippen molar-refractivity contribution >= 4 is 40.3 Å².